The molecule has 0 saturated carbocycles. The van der Waals surface area contributed by atoms with Gasteiger partial charge >= 0.3 is 5.97 Å². The van der Waals surface area contributed by atoms with Gasteiger partial charge in [0.15, 0.2) is 0 Å². The highest BCUT2D eigenvalue weighted by molar-refractivity contribution is 8.22. The normalized spacial score (nSPS) is 18.1. The molecule has 0 amide bonds. The maximum atomic E-state index is 12.9. The van der Waals surface area contributed by atoms with E-state index in [0.29, 0.717) is 31.0 Å². The fraction of sp³-hybridized carbons (Fsp3) is 0.419. The van der Waals surface area contributed by atoms with Crippen molar-refractivity contribution in [1.82, 2.24) is 24.3 Å². The number of nitrogens with zero attached hydrogens (tertiary/aromatic N) is 5. The Labute approximate surface area is 248 Å². The molecule has 1 aliphatic heterocycles. The zero-order valence-electron chi connectivity index (χ0n) is 24.8. The summed E-state index contributed by atoms with van der Waals surface area (Å²) in [7, 11) is -3.37. The second-order valence-corrected chi connectivity index (χ2v) is 12.6. The lowest BCUT2D eigenvalue weighted by molar-refractivity contribution is -0.143. The van der Waals surface area contributed by atoms with E-state index < -0.39 is 10.8 Å². The van der Waals surface area contributed by atoms with Crippen molar-refractivity contribution >= 4 is 27.8 Å². The van der Waals surface area contributed by atoms with E-state index in [1.165, 1.54) is 0 Å². The van der Waals surface area contributed by atoms with Crippen LogP contribution in [0.1, 0.15) is 67.3 Å². The first-order valence-electron chi connectivity index (χ1n) is 14.4. The molecule has 2 N–H and O–H groups in total. The lowest BCUT2D eigenvalue weighted by Crippen LogP contribution is -2.34. The van der Waals surface area contributed by atoms with Gasteiger partial charge in [0.2, 0.25) is 5.88 Å². The van der Waals surface area contributed by atoms with Crippen LogP contribution in [0.4, 0.5) is 0 Å². The van der Waals surface area contributed by atoms with Crippen molar-refractivity contribution < 1.29 is 23.4 Å². The van der Waals surface area contributed by atoms with Gasteiger partial charge in [0.25, 0.3) is 0 Å². The van der Waals surface area contributed by atoms with Gasteiger partial charge in [-0.15, -0.1) is 15.9 Å². The minimum absolute atomic E-state index is 0.161. The van der Waals surface area contributed by atoms with Crippen LogP contribution in [0.2, 0.25) is 0 Å². The molecule has 0 saturated heterocycles. The molecule has 10 nitrogen and oxygen atoms in total. The van der Waals surface area contributed by atoms with Crippen LogP contribution in [0.3, 0.4) is 0 Å². The molecule has 4 aromatic rings. The van der Waals surface area contributed by atoms with Gasteiger partial charge in [-0.2, -0.15) is 4.31 Å². The molecular weight excluding hydrogens is 554 g/mol. The largest absolute Gasteiger partial charge is 0.472 e. The Hall–Kier alpha value is -3.51. The Bertz CT molecular complexity index is 1590. The van der Waals surface area contributed by atoms with E-state index in [2.05, 4.69) is 27.4 Å². The third kappa shape index (κ3) is 5.74. The standard InChI is InChI=1S/C31H39N5O5S/c1-6-24-19-35(42(38,39)28-10-9-15-32-31(28)41-24)18-23-16-22(12-11-20(23)4)26(17-29(37)40-8-3)25-13-14-27-30(21(25)5)33-34-36(27)7-2/h9-16,24,26,38-39H,6-8,17-19H2,1-5H3. The first kappa shape index (κ1) is 30.0. The van der Waals surface area contributed by atoms with Crippen molar-refractivity contribution in [1.29, 1.82) is 0 Å². The van der Waals surface area contributed by atoms with Crippen molar-refractivity contribution in [3.05, 3.63) is 76.5 Å². The van der Waals surface area contributed by atoms with E-state index in [9.17, 15) is 13.9 Å². The van der Waals surface area contributed by atoms with Crippen molar-refractivity contribution in [3.63, 3.8) is 0 Å². The topological polar surface area (TPSA) is 123 Å². The number of ether oxygens (including phenoxy) is 2. The minimum atomic E-state index is -3.37. The highest BCUT2D eigenvalue weighted by Crippen LogP contribution is 2.57. The number of pyridine rings is 1. The summed E-state index contributed by atoms with van der Waals surface area (Å²) >= 11 is 0. The van der Waals surface area contributed by atoms with E-state index in [1.807, 2.05) is 50.6 Å². The summed E-state index contributed by atoms with van der Waals surface area (Å²) in [5.41, 5.74) is 6.58. The Morgan fingerprint density at radius 2 is 1.98 bits per heavy atom. The summed E-state index contributed by atoms with van der Waals surface area (Å²) in [4.78, 5) is 17.4. The number of hydrogen-bond acceptors (Lipinski definition) is 9. The van der Waals surface area contributed by atoms with E-state index in [1.54, 1.807) is 29.6 Å². The number of rotatable bonds is 9. The lowest BCUT2D eigenvalue weighted by Gasteiger charge is -2.41. The zero-order valence-corrected chi connectivity index (χ0v) is 25.6. The molecule has 224 valence electrons. The number of aryl methyl sites for hydroxylation is 3. The number of fused-ring (bicyclic) bond motifs is 2. The number of carbonyl (C=O) groups excluding carboxylic acids is 1. The van der Waals surface area contributed by atoms with Gasteiger partial charge < -0.3 is 9.47 Å². The number of hydrogen-bond donors (Lipinski definition) is 2. The average molecular weight is 594 g/mol. The van der Waals surface area contributed by atoms with Gasteiger partial charge in [0.05, 0.1) is 25.1 Å². The fourth-order valence-corrected chi connectivity index (χ4v) is 7.13. The first-order chi connectivity index (χ1) is 20.2. The molecule has 0 spiro atoms. The van der Waals surface area contributed by atoms with Crippen LogP contribution in [-0.4, -0.2) is 58.6 Å². The quantitative estimate of drug-likeness (QED) is 0.217. The molecule has 0 bridgehead atoms. The van der Waals surface area contributed by atoms with Crippen molar-refractivity contribution in [2.45, 2.75) is 77.5 Å². The Balaban J connectivity index is 1.55. The maximum absolute atomic E-state index is 12.9. The molecule has 0 aliphatic carbocycles. The highest BCUT2D eigenvalue weighted by atomic mass is 32.3. The second-order valence-electron chi connectivity index (χ2n) is 10.6. The van der Waals surface area contributed by atoms with Crippen LogP contribution >= 0.6 is 10.8 Å². The summed E-state index contributed by atoms with van der Waals surface area (Å²) < 4.78 is 38.0. The second kappa shape index (κ2) is 12.4. The molecule has 0 radical (unpaired) electrons. The highest BCUT2D eigenvalue weighted by Gasteiger charge is 2.36. The third-order valence-corrected chi connectivity index (χ3v) is 9.89. The van der Waals surface area contributed by atoms with E-state index in [4.69, 9.17) is 9.47 Å². The van der Waals surface area contributed by atoms with Crippen LogP contribution in [-0.2, 0) is 22.6 Å². The molecule has 2 unspecified atom stereocenters. The number of carbonyl (C=O) groups is 1. The molecule has 2 aromatic heterocycles. The Morgan fingerprint density at radius 3 is 2.71 bits per heavy atom. The van der Waals surface area contributed by atoms with Crippen molar-refractivity contribution in [3.8, 4) is 5.88 Å². The molecule has 1 aliphatic rings. The minimum Gasteiger partial charge on any atom is -0.472 e. The SMILES string of the molecule is CCOC(=O)CC(c1ccc(C)c(CN2CC(CC)Oc3ncccc3S2(O)O)c1)c1ccc2c(nnn2CC)c1C. The smallest absolute Gasteiger partial charge is 0.306 e. The predicted molar refractivity (Wildman–Crippen MR) is 163 cm³/mol. The summed E-state index contributed by atoms with van der Waals surface area (Å²) in [5, 5.41) is 8.72. The van der Waals surface area contributed by atoms with Crippen LogP contribution in [0.5, 0.6) is 5.88 Å². The molecular formula is C31H39N5O5S. The summed E-state index contributed by atoms with van der Waals surface area (Å²) in [6.45, 7) is 11.5. The monoisotopic (exact) mass is 593 g/mol. The van der Waals surface area contributed by atoms with Gasteiger partial charge in [-0.05, 0) is 80.1 Å². The van der Waals surface area contributed by atoms with Crippen molar-refractivity contribution in [2.24, 2.45) is 0 Å². The molecule has 11 heteroatoms. The van der Waals surface area contributed by atoms with E-state index >= 15 is 0 Å². The van der Waals surface area contributed by atoms with Crippen LogP contribution < -0.4 is 4.74 Å². The summed E-state index contributed by atoms with van der Waals surface area (Å²) in [6, 6.07) is 13.5. The number of benzene rings is 2. The third-order valence-electron chi connectivity index (χ3n) is 7.99. The average Bonchev–Trinajstić information content (AvgIpc) is 3.37. The number of aromatic nitrogens is 4. The Kier molecular flexibility index (Phi) is 8.84. The molecule has 3 heterocycles. The zero-order chi connectivity index (χ0) is 30.0. The van der Waals surface area contributed by atoms with Gasteiger partial charge in [-0.3, -0.25) is 13.9 Å². The molecule has 42 heavy (non-hydrogen) atoms. The number of esters is 1. The van der Waals surface area contributed by atoms with Gasteiger partial charge in [0, 0.05) is 25.2 Å². The van der Waals surface area contributed by atoms with Crippen LogP contribution in [0.15, 0.2) is 53.6 Å². The van der Waals surface area contributed by atoms with Crippen molar-refractivity contribution in [2.75, 3.05) is 13.2 Å². The van der Waals surface area contributed by atoms with Crippen LogP contribution in [0, 0.1) is 13.8 Å². The molecule has 2 atom stereocenters. The van der Waals surface area contributed by atoms with Crippen LogP contribution in [0.25, 0.3) is 11.0 Å². The fourth-order valence-electron chi connectivity index (χ4n) is 5.56. The molecule has 0 fully saturated rings. The summed E-state index contributed by atoms with van der Waals surface area (Å²) in [6.07, 6.45) is 2.19. The lowest BCUT2D eigenvalue weighted by atomic mass is 9.84. The summed E-state index contributed by atoms with van der Waals surface area (Å²) in [5.74, 6) is -0.312. The van der Waals surface area contributed by atoms with E-state index in [0.717, 1.165) is 38.9 Å². The van der Waals surface area contributed by atoms with Gasteiger partial charge in [-0.25, -0.2) is 9.67 Å². The van der Waals surface area contributed by atoms with Gasteiger partial charge in [-0.1, -0.05) is 36.4 Å². The maximum Gasteiger partial charge on any atom is 0.306 e. The first-order valence-corrected chi connectivity index (χ1v) is 15.9. The van der Waals surface area contributed by atoms with E-state index in [-0.39, 0.29) is 36.8 Å². The predicted octanol–water partition coefficient (Wildman–Crippen LogP) is 6.25. The Morgan fingerprint density at radius 1 is 1.17 bits per heavy atom. The van der Waals surface area contributed by atoms with Gasteiger partial charge in [0.1, 0.15) is 16.5 Å². The molecule has 2 aromatic carbocycles. The molecule has 5 rings (SSSR count).